The average Bonchev–Trinajstić information content (AvgIpc) is 2.63. The van der Waals surface area contributed by atoms with Gasteiger partial charge in [0.05, 0.1) is 5.56 Å². The van der Waals surface area contributed by atoms with E-state index in [1.54, 1.807) is 30.0 Å². The molecular weight excluding hydrogens is 354 g/mol. The van der Waals surface area contributed by atoms with Gasteiger partial charge in [-0.25, -0.2) is 0 Å². The highest BCUT2D eigenvalue weighted by Crippen LogP contribution is 2.22. The highest BCUT2D eigenvalue weighted by atomic mass is 35.5. The number of aromatic nitrogens is 1. The number of hydrogen-bond donors (Lipinski definition) is 1. The molecule has 26 heavy (non-hydrogen) atoms. The fourth-order valence-corrected chi connectivity index (χ4v) is 3.10. The van der Waals surface area contributed by atoms with Crippen molar-refractivity contribution in [2.24, 2.45) is 5.73 Å². The normalized spacial score (nSPS) is 14.9. The van der Waals surface area contributed by atoms with Crippen molar-refractivity contribution in [3.63, 3.8) is 0 Å². The monoisotopic (exact) mass is 373 g/mol. The van der Waals surface area contributed by atoms with Crippen molar-refractivity contribution >= 4 is 23.4 Å². The molecule has 0 unspecified atom stereocenters. The van der Waals surface area contributed by atoms with E-state index in [-0.39, 0.29) is 12.0 Å². The van der Waals surface area contributed by atoms with Gasteiger partial charge in [0.2, 0.25) is 0 Å². The van der Waals surface area contributed by atoms with E-state index < -0.39 is 5.91 Å². The SMILES string of the molecule is Cc1cc(C(=O)N2CCC(Oc3ccc(Cl)cc3)CC2)ncc1C(N)=O. The van der Waals surface area contributed by atoms with E-state index in [9.17, 15) is 9.59 Å². The largest absolute Gasteiger partial charge is 0.490 e. The fourth-order valence-electron chi connectivity index (χ4n) is 2.98. The molecule has 1 saturated heterocycles. The summed E-state index contributed by atoms with van der Waals surface area (Å²) in [4.78, 5) is 29.8. The first-order valence-corrected chi connectivity index (χ1v) is 8.80. The second kappa shape index (κ2) is 7.74. The van der Waals surface area contributed by atoms with Gasteiger partial charge in [0.25, 0.3) is 11.8 Å². The molecule has 2 heterocycles. The molecule has 7 heteroatoms. The van der Waals surface area contributed by atoms with Gasteiger partial charge in [-0.15, -0.1) is 0 Å². The van der Waals surface area contributed by atoms with Gasteiger partial charge in [0.15, 0.2) is 0 Å². The molecule has 2 amide bonds. The Morgan fingerprint density at radius 3 is 2.46 bits per heavy atom. The van der Waals surface area contributed by atoms with Crippen LogP contribution in [0, 0.1) is 6.92 Å². The lowest BCUT2D eigenvalue weighted by atomic mass is 10.1. The van der Waals surface area contributed by atoms with Crippen LogP contribution in [0.15, 0.2) is 36.5 Å². The van der Waals surface area contributed by atoms with Crippen LogP contribution in [0.3, 0.4) is 0 Å². The minimum absolute atomic E-state index is 0.0622. The van der Waals surface area contributed by atoms with Crippen LogP contribution in [0.4, 0.5) is 0 Å². The number of hydrogen-bond acceptors (Lipinski definition) is 4. The second-order valence-electron chi connectivity index (χ2n) is 6.31. The van der Waals surface area contributed by atoms with Crippen LogP contribution in [0.2, 0.25) is 5.02 Å². The van der Waals surface area contributed by atoms with Crippen LogP contribution in [-0.2, 0) is 0 Å². The molecule has 136 valence electrons. The van der Waals surface area contributed by atoms with Crippen LogP contribution in [-0.4, -0.2) is 40.9 Å². The van der Waals surface area contributed by atoms with E-state index in [1.165, 1.54) is 6.20 Å². The van der Waals surface area contributed by atoms with Crippen molar-refractivity contribution in [1.82, 2.24) is 9.88 Å². The number of nitrogens with two attached hydrogens (primary N) is 1. The Labute approximate surface area is 156 Å². The molecule has 1 aliphatic heterocycles. The lowest BCUT2D eigenvalue weighted by Crippen LogP contribution is -2.42. The van der Waals surface area contributed by atoms with Crippen LogP contribution >= 0.6 is 11.6 Å². The van der Waals surface area contributed by atoms with Gasteiger partial charge < -0.3 is 15.4 Å². The summed E-state index contributed by atoms with van der Waals surface area (Å²) in [6, 6.07) is 8.87. The maximum absolute atomic E-state index is 12.6. The number of primary amides is 1. The number of ether oxygens (including phenoxy) is 1. The first kappa shape index (κ1) is 18.2. The Morgan fingerprint density at radius 2 is 1.88 bits per heavy atom. The first-order chi connectivity index (χ1) is 12.4. The van der Waals surface area contributed by atoms with Crippen LogP contribution in [0.5, 0.6) is 5.75 Å². The molecule has 1 fully saturated rings. The maximum Gasteiger partial charge on any atom is 0.272 e. The summed E-state index contributed by atoms with van der Waals surface area (Å²) in [5.74, 6) is 0.0849. The minimum Gasteiger partial charge on any atom is -0.490 e. The number of carbonyl (C=O) groups excluding carboxylic acids is 2. The van der Waals surface area contributed by atoms with E-state index in [4.69, 9.17) is 22.1 Å². The third kappa shape index (κ3) is 4.14. The summed E-state index contributed by atoms with van der Waals surface area (Å²) in [6.07, 6.45) is 2.91. The van der Waals surface area contributed by atoms with Crippen LogP contribution in [0.1, 0.15) is 39.3 Å². The van der Waals surface area contributed by atoms with Crippen molar-refractivity contribution in [2.45, 2.75) is 25.9 Å². The number of piperidine rings is 1. The van der Waals surface area contributed by atoms with E-state index in [0.717, 1.165) is 18.6 Å². The average molecular weight is 374 g/mol. The second-order valence-corrected chi connectivity index (χ2v) is 6.75. The summed E-state index contributed by atoms with van der Waals surface area (Å²) in [5, 5.41) is 0.669. The topological polar surface area (TPSA) is 85.5 Å². The summed E-state index contributed by atoms with van der Waals surface area (Å²) < 4.78 is 5.94. The van der Waals surface area contributed by atoms with Crippen LogP contribution in [0.25, 0.3) is 0 Å². The van der Waals surface area contributed by atoms with Crippen LogP contribution < -0.4 is 10.5 Å². The van der Waals surface area contributed by atoms with Gasteiger partial charge in [-0.05, 0) is 42.8 Å². The zero-order valence-corrected chi connectivity index (χ0v) is 15.2. The van der Waals surface area contributed by atoms with E-state index in [2.05, 4.69) is 4.98 Å². The number of likely N-dealkylation sites (tertiary alicyclic amines) is 1. The van der Waals surface area contributed by atoms with Crippen molar-refractivity contribution in [3.05, 3.63) is 58.4 Å². The van der Waals surface area contributed by atoms with Gasteiger partial charge in [-0.2, -0.15) is 0 Å². The molecular formula is C19H20ClN3O3. The zero-order chi connectivity index (χ0) is 18.7. The van der Waals surface area contributed by atoms with Gasteiger partial charge in [0.1, 0.15) is 17.5 Å². The minimum atomic E-state index is -0.547. The number of carbonyl (C=O) groups is 2. The predicted octanol–water partition coefficient (Wildman–Crippen LogP) is 2.83. The summed E-state index contributed by atoms with van der Waals surface area (Å²) in [6.45, 7) is 2.93. The zero-order valence-electron chi connectivity index (χ0n) is 14.4. The molecule has 6 nitrogen and oxygen atoms in total. The van der Waals surface area contributed by atoms with Crippen molar-refractivity contribution in [2.75, 3.05) is 13.1 Å². The number of nitrogens with zero attached hydrogens (tertiary/aromatic N) is 2. The molecule has 0 saturated carbocycles. The number of pyridine rings is 1. The molecule has 1 aromatic heterocycles. The lowest BCUT2D eigenvalue weighted by molar-refractivity contribution is 0.0589. The molecule has 0 radical (unpaired) electrons. The Balaban J connectivity index is 1.59. The molecule has 0 atom stereocenters. The highest BCUT2D eigenvalue weighted by Gasteiger charge is 2.25. The quantitative estimate of drug-likeness (QED) is 0.892. The standard InChI is InChI=1S/C19H20ClN3O3/c1-12-10-17(22-11-16(12)18(21)24)19(25)23-8-6-15(7-9-23)26-14-4-2-13(20)3-5-14/h2-5,10-11,15H,6-9H2,1H3,(H2,21,24). The summed E-state index contributed by atoms with van der Waals surface area (Å²) >= 11 is 5.87. The van der Waals surface area contributed by atoms with Crippen molar-refractivity contribution < 1.29 is 14.3 Å². The summed E-state index contributed by atoms with van der Waals surface area (Å²) in [5.41, 5.74) is 6.58. The predicted molar refractivity (Wildman–Crippen MR) is 98.5 cm³/mol. The summed E-state index contributed by atoms with van der Waals surface area (Å²) in [7, 11) is 0. The number of aryl methyl sites for hydroxylation is 1. The van der Waals surface area contributed by atoms with Gasteiger partial charge in [-0.1, -0.05) is 11.6 Å². The van der Waals surface area contributed by atoms with Gasteiger partial charge in [-0.3, -0.25) is 14.6 Å². The number of amides is 2. The molecule has 3 rings (SSSR count). The van der Waals surface area contributed by atoms with Gasteiger partial charge >= 0.3 is 0 Å². The molecule has 1 aromatic carbocycles. The smallest absolute Gasteiger partial charge is 0.272 e. The van der Waals surface area contributed by atoms with Gasteiger partial charge in [0, 0.05) is 37.2 Å². The Kier molecular flexibility index (Phi) is 5.42. The number of rotatable bonds is 4. The van der Waals surface area contributed by atoms with Crippen molar-refractivity contribution in [3.8, 4) is 5.75 Å². The molecule has 2 N–H and O–H groups in total. The Bertz CT molecular complexity index is 815. The lowest BCUT2D eigenvalue weighted by Gasteiger charge is -2.32. The molecule has 0 spiro atoms. The van der Waals surface area contributed by atoms with E-state index >= 15 is 0 Å². The Morgan fingerprint density at radius 1 is 1.23 bits per heavy atom. The number of halogens is 1. The first-order valence-electron chi connectivity index (χ1n) is 8.42. The van der Waals surface area contributed by atoms with E-state index in [1.807, 2.05) is 12.1 Å². The number of benzene rings is 1. The van der Waals surface area contributed by atoms with Crippen molar-refractivity contribution in [1.29, 1.82) is 0 Å². The third-order valence-corrected chi connectivity index (χ3v) is 4.69. The highest BCUT2D eigenvalue weighted by molar-refractivity contribution is 6.30. The third-order valence-electron chi connectivity index (χ3n) is 4.44. The maximum atomic E-state index is 12.6. The molecule has 0 aliphatic carbocycles. The fraction of sp³-hybridized carbons (Fsp3) is 0.316. The molecule has 2 aromatic rings. The van der Waals surface area contributed by atoms with E-state index in [0.29, 0.717) is 34.9 Å². The molecule has 0 bridgehead atoms. The Hall–Kier alpha value is -2.60. The molecule has 1 aliphatic rings.